The van der Waals surface area contributed by atoms with E-state index in [4.69, 9.17) is 0 Å². The Bertz CT molecular complexity index is 191. The number of rotatable bonds is 4. The van der Waals surface area contributed by atoms with Gasteiger partial charge in [-0.2, -0.15) is 0 Å². The molecule has 0 aromatic carbocycles. The van der Waals surface area contributed by atoms with Gasteiger partial charge in [-0.1, -0.05) is 13.8 Å². The van der Waals surface area contributed by atoms with Crippen molar-refractivity contribution in [1.29, 1.82) is 0 Å². The first-order valence-corrected chi connectivity index (χ1v) is 4.94. The molecule has 0 heterocycles. The van der Waals surface area contributed by atoms with Crippen molar-refractivity contribution >= 4 is 16.1 Å². The summed E-state index contributed by atoms with van der Waals surface area (Å²) in [5, 5.41) is 0. The van der Waals surface area contributed by atoms with E-state index in [0.717, 1.165) is 0 Å². The molecular weight excluding hydrogens is 152 g/mol. The molecule has 0 spiro atoms. The Morgan fingerprint density at radius 2 is 1.90 bits per heavy atom. The first-order valence-electron chi connectivity index (χ1n) is 3.12. The summed E-state index contributed by atoms with van der Waals surface area (Å²) in [5.41, 5.74) is 0. The van der Waals surface area contributed by atoms with E-state index in [0.29, 0.717) is 6.29 Å². The van der Waals surface area contributed by atoms with Crippen LogP contribution >= 0.6 is 0 Å². The minimum Gasteiger partial charge on any atom is -0.302 e. The number of aldehydes is 1. The van der Waals surface area contributed by atoms with Gasteiger partial charge in [-0.05, 0) is 5.92 Å². The van der Waals surface area contributed by atoms with Crippen molar-refractivity contribution in [3.8, 4) is 0 Å². The van der Waals surface area contributed by atoms with Crippen LogP contribution in [0.2, 0.25) is 0 Å². The van der Waals surface area contributed by atoms with Gasteiger partial charge in [0.1, 0.15) is 12.0 Å². The van der Waals surface area contributed by atoms with Gasteiger partial charge in [0.15, 0.2) is 9.84 Å². The maximum Gasteiger partial charge on any atom is 0.157 e. The average Bonchev–Trinajstić information content (AvgIpc) is 1.59. The molecule has 0 fully saturated rings. The lowest BCUT2D eigenvalue weighted by atomic mass is 10.3. The second-order valence-electron chi connectivity index (χ2n) is 2.64. The van der Waals surface area contributed by atoms with Crippen molar-refractivity contribution in [2.75, 3.05) is 11.5 Å². The highest BCUT2D eigenvalue weighted by atomic mass is 32.2. The summed E-state index contributed by atoms with van der Waals surface area (Å²) in [4.78, 5) is 9.82. The lowest BCUT2D eigenvalue weighted by Crippen LogP contribution is -2.15. The number of hydrogen-bond donors (Lipinski definition) is 0. The second kappa shape index (κ2) is 3.71. The van der Waals surface area contributed by atoms with E-state index >= 15 is 0 Å². The smallest absolute Gasteiger partial charge is 0.157 e. The molecule has 60 valence electrons. The van der Waals surface area contributed by atoms with Crippen LogP contribution in [0.4, 0.5) is 0 Å². The first-order chi connectivity index (χ1) is 4.48. The molecular formula is C6H12O3S. The summed E-state index contributed by atoms with van der Waals surface area (Å²) >= 11 is 0. The highest BCUT2D eigenvalue weighted by Gasteiger charge is 2.11. The van der Waals surface area contributed by atoms with Gasteiger partial charge in [-0.15, -0.1) is 0 Å². The number of carbonyl (C=O) groups excluding carboxylic acids is 1. The van der Waals surface area contributed by atoms with Crippen LogP contribution in [0.1, 0.15) is 13.8 Å². The van der Waals surface area contributed by atoms with E-state index in [2.05, 4.69) is 0 Å². The molecule has 0 aliphatic heterocycles. The van der Waals surface area contributed by atoms with E-state index in [1.54, 1.807) is 0 Å². The highest BCUT2D eigenvalue weighted by Crippen LogP contribution is 1.98. The van der Waals surface area contributed by atoms with Gasteiger partial charge in [-0.25, -0.2) is 8.42 Å². The Morgan fingerprint density at radius 3 is 2.20 bits per heavy atom. The van der Waals surface area contributed by atoms with Crippen LogP contribution in [0, 0.1) is 5.92 Å². The standard InChI is InChI=1S/C6H12O3S/c1-6(2)5-10(8,9)4-3-7/h3,6H,4-5H2,1-2H3. The van der Waals surface area contributed by atoms with E-state index < -0.39 is 9.84 Å². The lowest BCUT2D eigenvalue weighted by molar-refractivity contribution is -0.105. The number of hydrogen-bond acceptors (Lipinski definition) is 3. The topological polar surface area (TPSA) is 51.2 Å². The molecule has 0 atom stereocenters. The van der Waals surface area contributed by atoms with Crippen LogP contribution in [0.25, 0.3) is 0 Å². The molecule has 0 saturated heterocycles. The molecule has 0 aliphatic rings. The molecule has 0 aromatic heterocycles. The van der Waals surface area contributed by atoms with Crippen LogP contribution in [0.15, 0.2) is 0 Å². The van der Waals surface area contributed by atoms with Crippen LogP contribution in [0.5, 0.6) is 0 Å². The Morgan fingerprint density at radius 1 is 1.40 bits per heavy atom. The monoisotopic (exact) mass is 164 g/mol. The average molecular weight is 164 g/mol. The van der Waals surface area contributed by atoms with Crippen molar-refractivity contribution < 1.29 is 13.2 Å². The largest absolute Gasteiger partial charge is 0.302 e. The molecule has 0 amide bonds. The zero-order chi connectivity index (χ0) is 8.20. The summed E-state index contributed by atoms with van der Waals surface area (Å²) in [5.74, 6) is -0.137. The number of carbonyl (C=O) groups is 1. The summed E-state index contributed by atoms with van der Waals surface area (Å²) in [6.45, 7) is 3.62. The third-order valence-corrected chi connectivity index (χ3v) is 2.73. The fourth-order valence-corrected chi connectivity index (χ4v) is 2.04. The molecule has 0 N–H and O–H groups in total. The Hall–Kier alpha value is -0.380. The van der Waals surface area contributed by atoms with Crippen LogP contribution in [-0.4, -0.2) is 26.2 Å². The third-order valence-electron chi connectivity index (χ3n) is 0.909. The fraction of sp³-hybridized carbons (Fsp3) is 0.833. The molecule has 0 saturated carbocycles. The van der Waals surface area contributed by atoms with E-state index in [9.17, 15) is 13.2 Å². The Labute approximate surface area is 61.4 Å². The first kappa shape index (κ1) is 9.62. The molecule has 3 nitrogen and oxygen atoms in total. The SMILES string of the molecule is CC(C)CS(=O)(=O)CC=O. The van der Waals surface area contributed by atoms with Crippen molar-refractivity contribution in [2.24, 2.45) is 5.92 Å². The van der Waals surface area contributed by atoms with Gasteiger partial charge in [-0.3, -0.25) is 0 Å². The maximum absolute atomic E-state index is 10.8. The fourth-order valence-electron chi connectivity index (χ4n) is 0.680. The van der Waals surface area contributed by atoms with E-state index in [1.807, 2.05) is 13.8 Å². The van der Waals surface area contributed by atoms with Crippen LogP contribution < -0.4 is 0 Å². The summed E-state index contributed by atoms with van der Waals surface area (Å²) in [7, 11) is -3.10. The van der Waals surface area contributed by atoms with Crippen molar-refractivity contribution in [3.05, 3.63) is 0 Å². The summed E-state index contributed by atoms with van der Waals surface area (Å²) < 4.78 is 21.6. The summed E-state index contributed by atoms with van der Waals surface area (Å²) in [6.07, 6.45) is 0.428. The molecule has 0 aliphatic carbocycles. The van der Waals surface area contributed by atoms with Crippen LogP contribution in [-0.2, 0) is 14.6 Å². The van der Waals surface area contributed by atoms with Gasteiger partial charge in [0.25, 0.3) is 0 Å². The number of sulfone groups is 1. The Balaban J connectivity index is 4.01. The highest BCUT2D eigenvalue weighted by molar-refractivity contribution is 7.91. The molecule has 0 unspecified atom stereocenters. The second-order valence-corrected chi connectivity index (χ2v) is 4.79. The molecule has 10 heavy (non-hydrogen) atoms. The van der Waals surface area contributed by atoms with Gasteiger partial charge < -0.3 is 4.79 Å². The Kier molecular flexibility index (Phi) is 3.57. The summed E-state index contributed by atoms with van der Waals surface area (Å²) in [6, 6.07) is 0. The van der Waals surface area contributed by atoms with E-state index in [1.165, 1.54) is 0 Å². The minimum absolute atomic E-state index is 0.102. The third kappa shape index (κ3) is 4.49. The zero-order valence-corrected chi connectivity index (χ0v) is 7.02. The minimum atomic E-state index is -3.10. The lowest BCUT2D eigenvalue weighted by Gasteiger charge is -2.01. The molecule has 4 heteroatoms. The molecule has 0 rings (SSSR count). The van der Waals surface area contributed by atoms with Gasteiger partial charge in [0.2, 0.25) is 0 Å². The maximum atomic E-state index is 10.8. The van der Waals surface area contributed by atoms with Gasteiger partial charge >= 0.3 is 0 Å². The molecule has 0 aromatic rings. The predicted octanol–water partition coefficient (Wildman–Crippen LogP) is 0.256. The zero-order valence-electron chi connectivity index (χ0n) is 6.20. The van der Waals surface area contributed by atoms with E-state index in [-0.39, 0.29) is 17.4 Å². The van der Waals surface area contributed by atoms with Gasteiger partial charge in [0.05, 0.1) is 5.75 Å². The van der Waals surface area contributed by atoms with Crippen LogP contribution in [0.3, 0.4) is 0 Å². The molecule has 0 radical (unpaired) electrons. The van der Waals surface area contributed by atoms with Crippen molar-refractivity contribution in [3.63, 3.8) is 0 Å². The van der Waals surface area contributed by atoms with Crippen molar-refractivity contribution in [1.82, 2.24) is 0 Å². The normalized spacial score (nSPS) is 11.9. The van der Waals surface area contributed by atoms with Gasteiger partial charge in [0, 0.05) is 0 Å². The predicted molar refractivity (Wildman–Crippen MR) is 39.6 cm³/mol. The molecule has 0 bridgehead atoms. The van der Waals surface area contributed by atoms with Crippen molar-refractivity contribution in [2.45, 2.75) is 13.8 Å². The quantitative estimate of drug-likeness (QED) is 0.560.